The van der Waals surface area contributed by atoms with E-state index in [1.165, 1.54) is 0 Å². The Kier molecular flexibility index (Phi) is 7.28. The zero-order valence-electron chi connectivity index (χ0n) is 16.4. The van der Waals surface area contributed by atoms with Gasteiger partial charge in [-0.05, 0) is 54.8 Å². The highest BCUT2D eigenvalue weighted by molar-refractivity contribution is 5.64. The number of hydrogen-bond donors (Lipinski definition) is 0. The summed E-state index contributed by atoms with van der Waals surface area (Å²) >= 11 is 0. The van der Waals surface area contributed by atoms with Crippen LogP contribution in [0.3, 0.4) is 0 Å². The Morgan fingerprint density at radius 1 is 0.750 bits per heavy atom. The van der Waals surface area contributed by atoms with Crippen LogP contribution in [-0.2, 0) is 4.74 Å². The summed E-state index contributed by atoms with van der Waals surface area (Å²) in [5.74, 6) is 1.65. The number of hydrogen-bond acceptors (Lipinski definition) is 3. The van der Waals surface area contributed by atoms with Gasteiger partial charge in [0.1, 0.15) is 18.1 Å². The summed E-state index contributed by atoms with van der Waals surface area (Å²) in [6, 6.07) is 26.2. The highest BCUT2D eigenvalue weighted by Gasteiger charge is 2.05. The lowest BCUT2D eigenvalue weighted by Crippen LogP contribution is -2.06. The summed E-state index contributed by atoms with van der Waals surface area (Å²) in [5.41, 5.74) is 3.41. The molecule has 0 heterocycles. The van der Waals surface area contributed by atoms with E-state index in [2.05, 4.69) is 24.3 Å². The molecule has 0 aliphatic carbocycles. The van der Waals surface area contributed by atoms with Crippen molar-refractivity contribution in [1.82, 2.24) is 0 Å². The van der Waals surface area contributed by atoms with Crippen LogP contribution in [0.1, 0.15) is 25.5 Å². The molecule has 28 heavy (non-hydrogen) atoms. The third kappa shape index (κ3) is 5.73. The van der Waals surface area contributed by atoms with E-state index in [-0.39, 0.29) is 12.9 Å². The van der Waals surface area contributed by atoms with Gasteiger partial charge < -0.3 is 14.2 Å². The minimum atomic E-state index is -0.00553. The summed E-state index contributed by atoms with van der Waals surface area (Å²) in [6.07, 6.45) is 3.96. The molecule has 3 aromatic rings. The molecule has 0 amide bonds. The van der Waals surface area contributed by atoms with Crippen LogP contribution in [-0.4, -0.2) is 13.4 Å². The maximum atomic E-state index is 5.76. The molecule has 3 aromatic carbocycles. The van der Waals surface area contributed by atoms with Crippen LogP contribution in [0.2, 0.25) is 0 Å². The van der Waals surface area contributed by atoms with E-state index < -0.39 is 0 Å². The fourth-order valence-electron chi connectivity index (χ4n) is 2.75. The van der Waals surface area contributed by atoms with Gasteiger partial charge in [0.15, 0.2) is 6.79 Å². The zero-order valence-corrected chi connectivity index (χ0v) is 16.4. The van der Waals surface area contributed by atoms with E-state index in [0.29, 0.717) is 6.61 Å². The van der Waals surface area contributed by atoms with Crippen LogP contribution < -0.4 is 9.47 Å². The third-order valence-electron chi connectivity index (χ3n) is 4.44. The fourth-order valence-corrected chi connectivity index (χ4v) is 2.75. The second-order valence-corrected chi connectivity index (χ2v) is 6.41. The Morgan fingerprint density at radius 3 is 1.89 bits per heavy atom. The third-order valence-corrected chi connectivity index (χ3v) is 4.44. The average Bonchev–Trinajstić information content (AvgIpc) is 2.75. The Balaban J connectivity index is 1.50. The Bertz CT molecular complexity index is 853. The highest BCUT2D eigenvalue weighted by Crippen LogP contribution is 2.25. The van der Waals surface area contributed by atoms with Crippen molar-refractivity contribution in [2.75, 3.05) is 13.4 Å². The van der Waals surface area contributed by atoms with E-state index in [1.807, 2.05) is 80.6 Å². The monoisotopic (exact) mass is 374 g/mol. The fraction of sp³-hybridized carbons (Fsp3) is 0.200. The number of allylic oxidation sites excluding steroid dienone is 1. The summed E-state index contributed by atoms with van der Waals surface area (Å²) in [7, 11) is 0. The van der Waals surface area contributed by atoms with Gasteiger partial charge in [-0.25, -0.2) is 0 Å². The first-order chi connectivity index (χ1) is 13.8. The molecule has 144 valence electrons. The molecule has 0 aromatic heterocycles. The van der Waals surface area contributed by atoms with E-state index in [1.54, 1.807) is 0 Å². The van der Waals surface area contributed by atoms with Crippen molar-refractivity contribution >= 4 is 0 Å². The maximum absolute atomic E-state index is 5.76. The van der Waals surface area contributed by atoms with Crippen LogP contribution in [0.15, 0.2) is 91.0 Å². The second kappa shape index (κ2) is 10.3. The van der Waals surface area contributed by atoms with Crippen molar-refractivity contribution < 1.29 is 14.2 Å². The van der Waals surface area contributed by atoms with Gasteiger partial charge in [0.2, 0.25) is 0 Å². The molecule has 0 fully saturated rings. The van der Waals surface area contributed by atoms with E-state index >= 15 is 0 Å². The molecule has 0 radical (unpaired) electrons. The number of ether oxygens (including phenoxy) is 3. The van der Waals surface area contributed by atoms with Crippen molar-refractivity contribution in [1.29, 1.82) is 0 Å². The Labute approximate surface area is 167 Å². The summed E-state index contributed by atoms with van der Waals surface area (Å²) in [4.78, 5) is 0. The predicted molar refractivity (Wildman–Crippen MR) is 114 cm³/mol. The van der Waals surface area contributed by atoms with Crippen molar-refractivity contribution in [3.05, 3.63) is 96.6 Å². The van der Waals surface area contributed by atoms with Crippen molar-refractivity contribution in [3.63, 3.8) is 0 Å². The number of benzene rings is 3. The molecule has 0 aliphatic rings. The normalized spacial score (nSPS) is 12.1. The van der Waals surface area contributed by atoms with Crippen LogP contribution in [0.4, 0.5) is 0 Å². The molecule has 3 nitrogen and oxygen atoms in total. The predicted octanol–water partition coefficient (Wildman–Crippen LogP) is 6.42. The standard InChI is InChI=1S/C25H26O3/c1-3-4-18-26-24-14-10-22(11-15-24)23-12-16-25(17-13-23)28-19-27-20(2)21-8-6-5-7-9-21/h3-17,20H,18-19H2,1-2H3/b4-3+. The molecular formula is C25H26O3. The van der Waals surface area contributed by atoms with Crippen LogP contribution in [0, 0.1) is 0 Å². The lowest BCUT2D eigenvalue weighted by molar-refractivity contribution is -0.0294. The quantitative estimate of drug-likeness (QED) is 0.319. The first kappa shape index (κ1) is 19.7. The molecule has 0 bridgehead atoms. The molecule has 0 N–H and O–H groups in total. The Hall–Kier alpha value is -3.04. The van der Waals surface area contributed by atoms with Gasteiger partial charge in [-0.3, -0.25) is 0 Å². The summed E-state index contributed by atoms with van der Waals surface area (Å²) in [6.45, 7) is 4.81. The minimum absolute atomic E-state index is 0.00553. The second-order valence-electron chi connectivity index (χ2n) is 6.41. The minimum Gasteiger partial charge on any atom is -0.490 e. The van der Waals surface area contributed by atoms with Crippen molar-refractivity contribution in [3.8, 4) is 22.6 Å². The van der Waals surface area contributed by atoms with Crippen LogP contribution >= 0.6 is 0 Å². The zero-order chi connectivity index (χ0) is 19.6. The van der Waals surface area contributed by atoms with Gasteiger partial charge in [0.05, 0.1) is 6.10 Å². The van der Waals surface area contributed by atoms with Gasteiger partial charge in [-0.2, -0.15) is 0 Å². The number of rotatable bonds is 9. The largest absolute Gasteiger partial charge is 0.490 e. The smallest absolute Gasteiger partial charge is 0.189 e. The lowest BCUT2D eigenvalue weighted by Gasteiger charge is -2.14. The average molecular weight is 374 g/mol. The topological polar surface area (TPSA) is 27.7 Å². The molecule has 3 rings (SSSR count). The van der Waals surface area contributed by atoms with Gasteiger partial charge in [0.25, 0.3) is 0 Å². The first-order valence-electron chi connectivity index (χ1n) is 9.50. The van der Waals surface area contributed by atoms with Gasteiger partial charge in [-0.1, -0.05) is 66.7 Å². The van der Waals surface area contributed by atoms with Crippen molar-refractivity contribution in [2.45, 2.75) is 20.0 Å². The Morgan fingerprint density at radius 2 is 1.32 bits per heavy atom. The summed E-state index contributed by atoms with van der Waals surface area (Å²) < 4.78 is 17.1. The van der Waals surface area contributed by atoms with Gasteiger partial charge in [0, 0.05) is 0 Å². The molecule has 0 aliphatic heterocycles. The molecule has 0 saturated carbocycles. The molecular weight excluding hydrogens is 348 g/mol. The molecule has 0 spiro atoms. The summed E-state index contributed by atoms with van der Waals surface area (Å²) in [5, 5.41) is 0. The SMILES string of the molecule is C/C=C/COc1ccc(-c2ccc(OCOC(C)c3ccccc3)cc2)cc1. The van der Waals surface area contributed by atoms with Crippen molar-refractivity contribution in [2.24, 2.45) is 0 Å². The molecule has 1 atom stereocenters. The van der Waals surface area contributed by atoms with E-state index in [0.717, 1.165) is 28.2 Å². The van der Waals surface area contributed by atoms with Gasteiger partial charge >= 0.3 is 0 Å². The van der Waals surface area contributed by atoms with E-state index in [4.69, 9.17) is 14.2 Å². The highest BCUT2D eigenvalue weighted by atomic mass is 16.7. The first-order valence-corrected chi connectivity index (χ1v) is 9.50. The molecule has 3 heteroatoms. The lowest BCUT2D eigenvalue weighted by atomic mass is 10.1. The molecule has 1 unspecified atom stereocenters. The maximum Gasteiger partial charge on any atom is 0.189 e. The van der Waals surface area contributed by atoms with Crippen LogP contribution in [0.5, 0.6) is 11.5 Å². The van der Waals surface area contributed by atoms with Gasteiger partial charge in [-0.15, -0.1) is 0 Å². The van der Waals surface area contributed by atoms with E-state index in [9.17, 15) is 0 Å². The van der Waals surface area contributed by atoms with Crippen LogP contribution in [0.25, 0.3) is 11.1 Å². The molecule has 0 saturated heterocycles.